The van der Waals surface area contributed by atoms with Gasteiger partial charge >= 0.3 is 0 Å². The van der Waals surface area contributed by atoms with Gasteiger partial charge in [0.2, 0.25) is 0 Å². The second kappa shape index (κ2) is 7.66. The van der Waals surface area contributed by atoms with Crippen molar-refractivity contribution in [2.75, 3.05) is 6.61 Å². The molecule has 0 aliphatic rings. The first-order valence-corrected chi connectivity index (χ1v) is 9.02. The van der Waals surface area contributed by atoms with Crippen LogP contribution in [0.1, 0.15) is 32.3 Å². The van der Waals surface area contributed by atoms with Gasteiger partial charge in [0.15, 0.2) is 6.61 Å². The van der Waals surface area contributed by atoms with Gasteiger partial charge < -0.3 is 10.1 Å². The lowest BCUT2D eigenvalue weighted by Crippen LogP contribution is -2.36. The van der Waals surface area contributed by atoms with Crippen LogP contribution in [0.3, 0.4) is 0 Å². The van der Waals surface area contributed by atoms with Crippen LogP contribution in [0.25, 0.3) is 0 Å². The number of carbonyl (C=O) groups is 1. The number of ether oxygens (including phenoxy) is 1. The highest BCUT2D eigenvalue weighted by molar-refractivity contribution is 8.13. The lowest BCUT2D eigenvalue weighted by atomic mass is 10.2. The number of hydrogen-bond donors (Lipinski definition) is 1. The average molecular weight is 334 g/mol. The van der Waals surface area contributed by atoms with E-state index < -0.39 is 9.05 Å². The van der Waals surface area contributed by atoms with E-state index in [4.69, 9.17) is 15.4 Å². The fraction of sp³-hybridized carbons (Fsp3) is 0.500. The van der Waals surface area contributed by atoms with Crippen molar-refractivity contribution in [1.82, 2.24) is 5.32 Å². The first-order valence-electron chi connectivity index (χ1n) is 6.71. The van der Waals surface area contributed by atoms with Gasteiger partial charge in [0.1, 0.15) is 10.6 Å². The molecule has 1 rings (SSSR count). The minimum atomic E-state index is -3.92. The molecule has 118 valence electrons. The van der Waals surface area contributed by atoms with Crippen LogP contribution < -0.4 is 10.1 Å². The molecule has 0 saturated heterocycles. The zero-order valence-corrected chi connectivity index (χ0v) is 13.9. The monoisotopic (exact) mass is 333 g/mol. The molecule has 1 aromatic rings. The molecule has 0 fully saturated rings. The number of aryl methyl sites for hydroxylation is 1. The Morgan fingerprint density at radius 1 is 1.43 bits per heavy atom. The maximum atomic E-state index is 11.7. The smallest absolute Gasteiger partial charge is 0.264 e. The molecule has 1 unspecified atom stereocenters. The fourth-order valence-electron chi connectivity index (χ4n) is 1.89. The van der Waals surface area contributed by atoms with Crippen molar-refractivity contribution in [2.24, 2.45) is 0 Å². The molecule has 21 heavy (non-hydrogen) atoms. The Bertz CT molecular complexity index is 601. The van der Waals surface area contributed by atoms with E-state index in [1.165, 1.54) is 12.1 Å². The Morgan fingerprint density at radius 2 is 2.10 bits per heavy atom. The molecule has 0 spiro atoms. The summed E-state index contributed by atoms with van der Waals surface area (Å²) in [6.07, 6.45) is 1.84. The van der Waals surface area contributed by atoms with Gasteiger partial charge in [-0.25, -0.2) is 8.42 Å². The summed E-state index contributed by atoms with van der Waals surface area (Å²) in [6.45, 7) is 5.43. The Labute approximate surface area is 130 Å². The standard InChI is InChI=1S/C14H20ClNO4S/c1-4-5-11(3)16-14(17)9-20-12-7-6-10(2)8-13(12)21(15,18)19/h6-8,11H,4-5,9H2,1-3H3,(H,16,17). The molecule has 0 radical (unpaired) electrons. The van der Waals surface area contributed by atoms with Gasteiger partial charge in [-0.05, 0) is 38.0 Å². The lowest BCUT2D eigenvalue weighted by molar-refractivity contribution is -0.123. The third-order valence-electron chi connectivity index (χ3n) is 2.85. The number of halogens is 1. The summed E-state index contributed by atoms with van der Waals surface area (Å²) in [4.78, 5) is 11.6. The zero-order chi connectivity index (χ0) is 16.0. The minimum Gasteiger partial charge on any atom is -0.482 e. The van der Waals surface area contributed by atoms with Gasteiger partial charge in [-0.1, -0.05) is 19.4 Å². The Kier molecular flexibility index (Phi) is 6.48. The topological polar surface area (TPSA) is 72.5 Å². The van der Waals surface area contributed by atoms with Crippen LogP contribution in [0.15, 0.2) is 23.1 Å². The zero-order valence-electron chi connectivity index (χ0n) is 12.3. The molecule has 1 atom stereocenters. The highest BCUT2D eigenvalue weighted by Crippen LogP contribution is 2.27. The van der Waals surface area contributed by atoms with Crippen LogP contribution >= 0.6 is 10.7 Å². The number of benzene rings is 1. The fourth-order valence-corrected chi connectivity index (χ4v) is 2.95. The number of nitrogens with one attached hydrogen (secondary N) is 1. The van der Waals surface area contributed by atoms with E-state index >= 15 is 0 Å². The maximum absolute atomic E-state index is 11.7. The van der Waals surface area contributed by atoms with Gasteiger partial charge in [0.05, 0.1) is 0 Å². The largest absolute Gasteiger partial charge is 0.482 e. The Balaban J connectivity index is 2.74. The molecule has 0 heterocycles. The summed E-state index contributed by atoms with van der Waals surface area (Å²) in [5.74, 6) is -0.219. The average Bonchev–Trinajstić information content (AvgIpc) is 2.36. The SMILES string of the molecule is CCCC(C)NC(=O)COc1ccc(C)cc1S(=O)(=O)Cl. The summed E-state index contributed by atoms with van der Waals surface area (Å²) >= 11 is 0. The molecule has 5 nitrogen and oxygen atoms in total. The van der Waals surface area contributed by atoms with Crippen LogP contribution in [0.4, 0.5) is 0 Å². The van der Waals surface area contributed by atoms with Crippen molar-refractivity contribution in [2.45, 2.75) is 44.6 Å². The van der Waals surface area contributed by atoms with E-state index in [1.807, 2.05) is 13.8 Å². The van der Waals surface area contributed by atoms with E-state index in [9.17, 15) is 13.2 Å². The van der Waals surface area contributed by atoms with Gasteiger partial charge in [-0.2, -0.15) is 0 Å². The summed E-state index contributed by atoms with van der Waals surface area (Å²) < 4.78 is 28.3. The molecule has 0 aromatic heterocycles. The summed E-state index contributed by atoms with van der Waals surface area (Å²) in [7, 11) is 1.45. The van der Waals surface area contributed by atoms with Crippen molar-refractivity contribution in [3.05, 3.63) is 23.8 Å². The lowest BCUT2D eigenvalue weighted by Gasteiger charge is -2.14. The second-order valence-electron chi connectivity index (χ2n) is 4.93. The quantitative estimate of drug-likeness (QED) is 0.778. The van der Waals surface area contributed by atoms with E-state index in [-0.39, 0.29) is 29.2 Å². The van der Waals surface area contributed by atoms with E-state index in [2.05, 4.69) is 5.32 Å². The third kappa shape index (κ3) is 5.93. The van der Waals surface area contributed by atoms with Gasteiger partial charge in [0.25, 0.3) is 15.0 Å². The van der Waals surface area contributed by atoms with Crippen molar-refractivity contribution in [3.8, 4) is 5.75 Å². The molecule has 7 heteroatoms. The van der Waals surface area contributed by atoms with E-state index in [0.29, 0.717) is 0 Å². The molecule has 0 aliphatic carbocycles. The summed E-state index contributed by atoms with van der Waals surface area (Å²) in [5.41, 5.74) is 0.739. The van der Waals surface area contributed by atoms with Crippen molar-refractivity contribution < 1.29 is 17.9 Å². The maximum Gasteiger partial charge on any atom is 0.264 e. The van der Waals surface area contributed by atoms with Crippen LogP contribution in [0.2, 0.25) is 0 Å². The Morgan fingerprint density at radius 3 is 2.67 bits per heavy atom. The molecule has 1 aromatic carbocycles. The minimum absolute atomic E-state index is 0.0559. The summed E-state index contributed by atoms with van der Waals surface area (Å²) in [6, 6.07) is 4.65. The molecule has 0 bridgehead atoms. The molecule has 1 N–H and O–H groups in total. The van der Waals surface area contributed by atoms with E-state index in [1.54, 1.807) is 13.0 Å². The first-order chi connectivity index (χ1) is 9.74. The van der Waals surface area contributed by atoms with Crippen molar-refractivity contribution in [3.63, 3.8) is 0 Å². The van der Waals surface area contributed by atoms with Gasteiger partial charge in [-0.3, -0.25) is 4.79 Å². The van der Waals surface area contributed by atoms with Crippen LogP contribution in [-0.2, 0) is 13.8 Å². The normalized spacial score (nSPS) is 12.8. The molecule has 0 saturated carbocycles. The summed E-state index contributed by atoms with van der Waals surface area (Å²) in [5, 5.41) is 2.77. The van der Waals surface area contributed by atoms with Crippen molar-refractivity contribution in [1.29, 1.82) is 0 Å². The number of rotatable bonds is 7. The van der Waals surface area contributed by atoms with Gasteiger partial charge in [-0.15, -0.1) is 0 Å². The van der Waals surface area contributed by atoms with Crippen LogP contribution in [0, 0.1) is 6.92 Å². The van der Waals surface area contributed by atoms with Crippen LogP contribution in [0.5, 0.6) is 5.75 Å². The number of hydrogen-bond acceptors (Lipinski definition) is 4. The predicted octanol–water partition coefficient (Wildman–Crippen LogP) is 2.61. The molecule has 0 aliphatic heterocycles. The third-order valence-corrected chi connectivity index (χ3v) is 4.19. The number of carbonyl (C=O) groups excluding carboxylic acids is 1. The first kappa shape index (κ1) is 17.8. The number of amides is 1. The molecular formula is C14H20ClNO4S. The van der Waals surface area contributed by atoms with E-state index in [0.717, 1.165) is 18.4 Å². The van der Waals surface area contributed by atoms with Crippen molar-refractivity contribution >= 4 is 25.6 Å². The molecular weight excluding hydrogens is 314 g/mol. The van der Waals surface area contributed by atoms with Crippen LogP contribution in [-0.4, -0.2) is 27.0 Å². The second-order valence-corrected chi connectivity index (χ2v) is 7.47. The van der Waals surface area contributed by atoms with Gasteiger partial charge in [0, 0.05) is 16.7 Å². The Hall–Kier alpha value is -1.27. The predicted molar refractivity (Wildman–Crippen MR) is 82.2 cm³/mol. The highest BCUT2D eigenvalue weighted by Gasteiger charge is 2.18. The highest BCUT2D eigenvalue weighted by atomic mass is 35.7. The molecule has 1 amide bonds.